The zero-order chi connectivity index (χ0) is 17.5. The van der Waals surface area contributed by atoms with Gasteiger partial charge >= 0.3 is 6.01 Å². The Labute approximate surface area is 146 Å². The van der Waals surface area contributed by atoms with Gasteiger partial charge in [-0.2, -0.15) is 0 Å². The lowest BCUT2D eigenvalue weighted by atomic mass is 9.93. The first-order valence-corrected chi connectivity index (χ1v) is 8.17. The van der Waals surface area contributed by atoms with E-state index in [1.165, 1.54) is 0 Å². The van der Waals surface area contributed by atoms with Crippen LogP contribution in [0.4, 0.5) is 0 Å². The lowest BCUT2D eigenvalue weighted by Crippen LogP contribution is -2.57. The summed E-state index contributed by atoms with van der Waals surface area (Å²) in [6.45, 7) is 0.858. The number of benzene rings is 1. The first kappa shape index (κ1) is 17.3. The molecule has 25 heavy (non-hydrogen) atoms. The molecule has 1 aromatic heterocycles. The van der Waals surface area contributed by atoms with Crippen molar-refractivity contribution in [2.45, 2.75) is 12.0 Å². The summed E-state index contributed by atoms with van der Waals surface area (Å²) in [5.74, 6) is -0.179. The summed E-state index contributed by atoms with van der Waals surface area (Å²) in [5.41, 5.74) is 0.262. The van der Waals surface area contributed by atoms with Gasteiger partial charge < -0.3 is 19.5 Å². The molecule has 2 heterocycles. The highest BCUT2D eigenvalue weighted by atomic mass is 16.5. The average Bonchev–Trinajstić information content (AvgIpc) is 2.68. The minimum atomic E-state index is -0.793. The van der Waals surface area contributed by atoms with Gasteiger partial charge in [-0.05, 0) is 11.6 Å². The number of rotatable bonds is 6. The van der Waals surface area contributed by atoms with Crippen molar-refractivity contribution < 1.29 is 19.4 Å². The molecule has 132 valence electrons. The maximum absolute atomic E-state index is 12.4. The van der Waals surface area contributed by atoms with Gasteiger partial charge in [0.1, 0.15) is 5.60 Å². The highest BCUT2D eigenvalue weighted by Gasteiger charge is 2.38. The number of aliphatic hydroxyl groups excluding tert-OH is 1. The van der Waals surface area contributed by atoms with E-state index in [-0.39, 0.29) is 25.1 Å². The third kappa shape index (κ3) is 4.52. The van der Waals surface area contributed by atoms with Gasteiger partial charge in [0.2, 0.25) is 0 Å². The monoisotopic (exact) mass is 343 g/mol. The summed E-state index contributed by atoms with van der Waals surface area (Å²) in [6.07, 6.45) is 3.65. The minimum Gasteiger partial charge on any atom is -0.453 e. The molecular weight excluding hydrogens is 322 g/mol. The molecule has 3 rings (SSSR count). The van der Waals surface area contributed by atoms with Crippen LogP contribution in [-0.2, 0) is 16.0 Å². The summed E-state index contributed by atoms with van der Waals surface area (Å²) < 4.78 is 11.2. The van der Waals surface area contributed by atoms with Crippen molar-refractivity contribution >= 4 is 5.91 Å². The highest BCUT2D eigenvalue weighted by molar-refractivity contribution is 5.77. The summed E-state index contributed by atoms with van der Waals surface area (Å²) >= 11 is 0. The smallest absolute Gasteiger partial charge is 0.316 e. The van der Waals surface area contributed by atoms with Crippen molar-refractivity contribution in [2.75, 3.05) is 32.9 Å². The third-order valence-corrected chi connectivity index (χ3v) is 4.13. The number of nitrogens with zero attached hydrogens (tertiary/aromatic N) is 3. The molecule has 1 aliphatic rings. The van der Waals surface area contributed by atoms with Crippen LogP contribution in [0.3, 0.4) is 0 Å². The van der Waals surface area contributed by atoms with Gasteiger partial charge in [0.05, 0.1) is 19.8 Å². The molecule has 1 N–H and O–H groups in total. The summed E-state index contributed by atoms with van der Waals surface area (Å²) in [6, 6.07) is 11.6. The van der Waals surface area contributed by atoms with Crippen LogP contribution in [-0.4, -0.2) is 64.4 Å². The first-order chi connectivity index (χ1) is 12.2. The lowest BCUT2D eigenvalue weighted by Gasteiger charge is -2.41. The Hall–Kier alpha value is -2.51. The summed E-state index contributed by atoms with van der Waals surface area (Å²) in [7, 11) is 0. The predicted octanol–water partition coefficient (Wildman–Crippen LogP) is 0.688. The Bertz CT molecular complexity index is 683. The largest absolute Gasteiger partial charge is 0.453 e. The Balaban J connectivity index is 1.61. The molecule has 0 radical (unpaired) electrons. The normalized spacial score (nSPS) is 20.3. The Morgan fingerprint density at radius 2 is 2.00 bits per heavy atom. The average molecular weight is 343 g/mol. The molecule has 1 saturated heterocycles. The van der Waals surface area contributed by atoms with E-state index in [4.69, 9.17) is 9.47 Å². The second-order valence-corrected chi connectivity index (χ2v) is 5.99. The number of aliphatic hydroxyl groups is 1. The molecule has 1 amide bonds. The molecule has 2 aromatic rings. The Morgan fingerprint density at radius 3 is 2.72 bits per heavy atom. The van der Waals surface area contributed by atoms with Crippen molar-refractivity contribution in [1.82, 2.24) is 14.9 Å². The predicted molar refractivity (Wildman–Crippen MR) is 90.0 cm³/mol. The van der Waals surface area contributed by atoms with Crippen molar-refractivity contribution in [3.8, 4) is 6.01 Å². The molecule has 1 atom stereocenters. The molecule has 1 aliphatic heterocycles. The van der Waals surface area contributed by atoms with E-state index in [9.17, 15) is 9.90 Å². The van der Waals surface area contributed by atoms with Gasteiger partial charge in [0, 0.05) is 25.4 Å². The van der Waals surface area contributed by atoms with E-state index in [0.717, 1.165) is 5.56 Å². The lowest BCUT2D eigenvalue weighted by molar-refractivity contribution is -0.159. The van der Waals surface area contributed by atoms with Crippen LogP contribution >= 0.6 is 0 Å². The quantitative estimate of drug-likeness (QED) is 0.831. The van der Waals surface area contributed by atoms with E-state index < -0.39 is 5.60 Å². The van der Waals surface area contributed by atoms with Crippen LogP contribution in [0.5, 0.6) is 6.01 Å². The van der Waals surface area contributed by atoms with Gasteiger partial charge in [0.15, 0.2) is 6.61 Å². The van der Waals surface area contributed by atoms with Gasteiger partial charge in [-0.3, -0.25) is 4.79 Å². The van der Waals surface area contributed by atoms with E-state index in [0.29, 0.717) is 26.1 Å². The van der Waals surface area contributed by atoms with Crippen LogP contribution in [0, 0.1) is 0 Å². The Kier molecular flexibility index (Phi) is 5.57. The zero-order valence-electron chi connectivity index (χ0n) is 13.9. The van der Waals surface area contributed by atoms with E-state index in [1.807, 2.05) is 30.3 Å². The van der Waals surface area contributed by atoms with Crippen LogP contribution < -0.4 is 4.74 Å². The number of morpholine rings is 1. The SMILES string of the molecule is O=C(COc1ncccn1)N1CCOC(CO)(Cc2ccccc2)C1. The first-order valence-electron chi connectivity index (χ1n) is 8.17. The molecule has 7 nitrogen and oxygen atoms in total. The molecule has 0 spiro atoms. The van der Waals surface area contributed by atoms with Crippen LogP contribution in [0.2, 0.25) is 0 Å². The van der Waals surface area contributed by atoms with Gasteiger partial charge in [-0.25, -0.2) is 9.97 Å². The fourth-order valence-corrected chi connectivity index (χ4v) is 2.86. The topological polar surface area (TPSA) is 84.8 Å². The third-order valence-electron chi connectivity index (χ3n) is 4.13. The van der Waals surface area contributed by atoms with Gasteiger partial charge in [-0.1, -0.05) is 30.3 Å². The molecule has 7 heteroatoms. The van der Waals surface area contributed by atoms with Crippen LogP contribution in [0.1, 0.15) is 5.56 Å². The van der Waals surface area contributed by atoms with Gasteiger partial charge in [-0.15, -0.1) is 0 Å². The van der Waals surface area contributed by atoms with Crippen LogP contribution in [0.15, 0.2) is 48.8 Å². The van der Waals surface area contributed by atoms with E-state index in [2.05, 4.69) is 9.97 Å². The molecule has 0 bridgehead atoms. The molecule has 1 unspecified atom stereocenters. The molecule has 0 saturated carbocycles. The van der Waals surface area contributed by atoms with Gasteiger partial charge in [0.25, 0.3) is 5.91 Å². The summed E-state index contributed by atoms with van der Waals surface area (Å²) in [5, 5.41) is 9.90. The number of hydrogen-bond donors (Lipinski definition) is 1. The molecule has 0 aliphatic carbocycles. The van der Waals surface area contributed by atoms with Crippen molar-refractivity contribution in [3.05, 3.63) is 54.4 Å². The number of ether oxygens (including phenoxy) is 2. The maximum Gasteiger partial charge on any atom is 0.316 e. The molecular formula is C18H21N3O4. The van der Waals surface area contributed by atoms with Crippen molar-refractivity contribution in [3.63, 3.8) is 0 Å². The van der Waals surface area contributed by atoms with E-state index >= 15 is 0 Å². The number of amides is 1. The molecule has 1 aromatic carbocycles. The van der Waals surface area contributed by atoms with Crippen LogP contribution in [0.25, 0.3) is 0 Å². The summed E-state index contributed by atoms with van der Waals surface area (Å²) in [4.78, 5) is 21.9. The number of aromatic nitrogens is 2. The van der Waals surface area contributed by atoms with Crippen molar-refractivity contribution in [1.29, 1.82) is 0 Å². The number of hydrogen-bond acceptors (Lipinski definition) is 6. The fraction of sp³-hybridized carbons (Fsp3) is 0.389. The minimum absolute atomic E-state index is 0.142. The maximum atomic E-state index is 12.4. The van der Waals surface area contributed by atoms with Crippen molar-refractivity contribution in [2.24, 2.45) is 0 Å². The standard InChI is InChI=1S/C18H21N3O4/c22-14-18(11-15-5-2-1-3-6-15)13-21(9-10-25-18)16(23)12-24-17-19-7-4-8-20-17/h1-8,22H,9-14H2. The molecule has 1 fully saturated rings. The number of carbonyl (C=O) groups is 1. The Morgan fingerprint density at radius 1 is 1.24 bits per heavy atom. The number of carbonyl (C=O) groups excluding carboxylic acids is 1. The highest BCUT2D eigenvalue weighted by Crippen LogP contribution is 2.23. The zero-order valence-corrected chi connectivity index (χ0v) is 13.9. The van der Waals surface area contributed by atoms with E-state index in [1.54, 1.807) is 23.4 Å². The second kappa shape index (κ2) is 8.04. The second-order valence-electron chi connectivity index (χ2n) is 5.99. The fourth-order valence-electron chi connectivity index (χ4n) is 2.86.